The molecule has 0 saturated heterocycles. The van der Waals surface area contributed by atoms with Gasteiger partial charge in [0.1, 0.15) is 0 Å². The number of nitrogens with zero attached hydrogens (tertiary/aromatic N) is 1. The summed E-state index contributed by atoms with van der Waals surface area (Å²) in [7, 11) is -3.81. The van der Waals surface area contributed by atoms with Crippen molar-refractivity contribution < 1.29 is 27.5 Å². The molecule has 1 aliphatic heterocycles. The molecule has 0 amide bonds. The van der Waals surface area contributed by atoms with Crippen LogP contribution < -0.4 is 4.72 Å². The Morgan fingerprint density at radius 3 is 2.72 bits per heavy atom. The number of rotatable bonds is 7. The monoisotopic (exact) mass is 482 g/mol. The van der Waals surface area contributed by atoms with Crippen molar-refractivity contribution in [1.29, 1.82) is 0 Å². The van der Waals surface area contributed by atoms with Gasteiger partial charge in [0.2, 0.25) is 21.7 Å². The van der Waals surface area contributed by atoms with Gasteiger partial charge >= 0.3 is 5.97 Å². The molecule has 10 heteroatoms. The zero-order chi connectivity index (χ0) is 21.2. The molecule has 154 valence electrons. The Balaban J connectivity index is 2.06. The molecule has 2 heterocycles. The number of hydrogen-bond donors (Lipinski definition) is 1. The summed E-state index contributed by atoms with van der Waals surface area (Å²) in [6.45, 7) is 2.62. The maximum absolute atomic E-state index is 13.2. The van der Waals surface area contributed by atoms with Crippen LogP contribution in [0.2, 0.25) is 0 Å². The number of pyridine rings is 1. The minimum Gasteiger partial charge on any atom is -0.456 e. The van der Waals surface area contributed by atoms with Crippen LogP contribution >= 0.6 is 15.9 Å². The Morgan fingerprint density at radius 1 is 1.31 bits per heavy atom. The molecule has 0 fully saturated rings. The van der Waals surface area contributed by atoms with Crippen molar-refractivity contribution >= 4 is 48.6 Å². The predicted octanol–water partition coefficient (Wildman–Crippen LogP) is 2.49. The number of ether oxygens (including phenoxy) is 2. The highest BCUT2D eigenvalue weighted by Gasteiger charge is 2.51. The average Bonchev–Trinajstić information content (AvgIpc) is 2.90. The number of sulfonamides is 1. The molecule has 1 aromatic heterocycles. The summed E-state index contributed by atoms with van der Waals surface area (Å²) in [6.07, 6.45) is 1.88. The normalized spacial score (nSPS) is 19.3. The number of ketones is 1. The van der Waals surface area contributed by atoms with E-state index in [-0.39, 0.29) is 5.75 Å². The summed E-state index contributed by atoms with van der Waals surface area (Å²) >= 11 is 3.18. The highest BCUT2D eigenvalue weighted by molar-refractivity contribution is 9.09. The van der Waals surface area contributed by atoms with Crippen LogP contribution in [0.4, 0.5) is 0 Å². The van der Waals surface area contributed by atoms with Gasteiger partial charge in [-0.1, -0.05) is 34.1 Å². The van der Waals surface area contributed by atoms with Crippen molar-refractivity contribution in [2.75, 3.05) is 11.1 Å². The molecule has 8 nitrogen and oxygen atoms in total. The number of hydrogen-bond acceptors (Lipinski definition) is 7. The first-order chi connectivity index (χ1) is 13.7. The van der Waals surface area contributed by atoms with Crippen LogP contribution in [-0.2, 0) is 34.7 Å². The summed E-state index contributed by atoms with van der Waals surface area (Å²) < 4.78 is 37.8. The van der Waals surface area contributed by atoms with E-state index in [0.29, 0.717) is 28.2 Å². The van der Waals surface area contributed by atoms with E-state index in [1.165, 1.54) is 13.1 Å². The lowest BCUT2D eigenvalue weighted by Crippen LogP contribution is -2.33. The fourth-order valence-electron chi connectivity index (χ4n) is 3.05. The van der Waals surface area contributed by atoms with Crippen molar-refractivity contribution in [3.63, 3.8) is 0 Å². The standard InChI is InChI=1S/C19H19BrN2O6S/c1-12(23)27-16-17(24)19(2,28-18(16)22-29(25,26)11-5-9-20)14-8-10-21-15-7-4-3-6-13(14)15/h3-4,6-8,10,22H,5,9,11H2,1-2H3. The lowest BCUT2D eigenvalue weighted by atomic mass is 9.89. The molecule has 1 aromatic carbocycles. The molecule has 1 atom stereocenters. The number of halogens is 1. The topological polar surface area (TPSA) is 112 Å². The van der Waals surface area contributed by atoms with Crippen molar-refractivity contribution in [3.05, 3.63) is 53.7 Å². The van der Waals surface area contributed by atoms with Crippen molar-refractivity contribution in [3.8, 4) is 0 Å². The van der Waals surface area contributed by atoms with E-state index in [0.717, 1.165) is 6.92 Å². The minimum atomic E-state index is -3.81. The number of nitrogens with one attached hydrogen (secondary N) is 1. The maximum atomic E-state index is 13.2. The maximum Gasteiger partial charge on any atom is 0.308 e. The number of alkyl halides is 1. The quantitative estimate of drug-likeness (QED) is 0.476. The number of aromatic nitrogens is 1. The van der Waals surface area contributed by atoms with Gasteiger partial charge in [0, 0.05) is 29.4 Å². The lowest BCUT2D eigenvalue weighted by molar-refractivity contribution is -0.142. The number of fused-ring (bicyclic) bond motifs is 1. The molecule has 0 saturated carbocycles. The minimum absolute atomic E-state index is 0.193. The van der Waals surface area contributed by atoms with Crippen molar-refractivity contribution in [1.82, 2.24) is 9.71 Å². The molecular weight excluding hydrogens is 464 g/mol. The summed E-state index contributed by atoms with van der Waals surface area (Å²) in [5.74, 6) is -2.49. The van der Waals surface area contributed by atoms with Crippen LogP contribution in [0.5, 0.6) is 0 Å². The van der Waals surface area contributed by atoms with Gasteiger partial charge in [-0.15, -0.1) is 0 Å². The SMILES string of the molecule is CC(=O)OC1=C(NS(=O)(=O)CCCBr)OC(C)(c2ccnc3ccccc23)C1=O. The Morgan fingerprint density at radius 2 is 2.03 bits per heavy atom. The van der Waals surface area contributed by atoms with Crippen LogP contribution in [0, 0.1) is 0 Å². The largest absolute Gasteiger partial charge is 0.456 e. The Kier molecular flexibility index (Phi) is 5.95. The van der Waals surface area contributed by atoms with Crippen LogP contribution in [-0.4, -0.2) is 36.2 Å². The molecule has 1 N–H and O–H groups in total. The second-order valence-electron chi connectivity index (χ2n) is 6.56. The van der Waals surface area contributed by atoms with Gasteiger partial charge in [-0.05, 0) is 25.5 Å². The van der Waals surface area contributed by atoms with E-state index in [2.05, 4.69) is 25.6 Å². The van der Waals surface area contributed by atoms with Crippen molar-refractivity contribution in [2.24, 2.45) is 0 Å². The zero-order valence-corrected chi connectivity index (χ0v) is 18.2. The number of esters is 1. The van der Waals surface area contributed by atoms with Gasteiger partial charge in [-0.25, -0.2) is 8.42 Å². The van der Waals surface area contributed by atoms with E-state index in [1.54, 1.807) is 24.3 Å². The summed E-state index contributed by atoms with van der Waals surface area (Å²) in [6, 6.07) is 8.79. The third-order valence-corrected chi connectivity index (χ3v) is 6.24. The molecule has 29 heavy (non-hydrogen) atoms. The molecular formula is C19H19BrN2O6S. The molecule has 0 aliphatic carbocycles. The van der Waals surface area contributed by atoms with Gasteiger partial charge in [-0.2, -0.15) is 0 Å². The van der Waals surface area contributed by atoms with E-state index in [1.807, 2.05) is 6.07 Å². The fraction of sp³-hybridized carbons (Fsp3) is 0.316. The molecule has 2 aromatic rings. The average molecular weight is 483 g/mol. The Hall–Kier alpha value is -2.46. The van der Waals surface area contributed by atoms with Crippen LogP contribution in [0.25, 0.3) is 10.9 Å². The number of para-hydroxylation sites is 1. The first-order valence-corrected chi connectivity index (χ1v) is 11.5. The van der Waals surface area contributed by atoms with Gasteiger partial charge in [0.05, 0.1) is 11.3 Å². The van der Waals surface area contributed by atoms with E-state index >= 15 is 0 Å². The summed E-state index contributed by atoms with van der Waals surface area (Å²) in [5, 5.41) is 1.15. The molecule has 0 radical (unpaired) electrons. The van der Waals surface area contributed by atoms with Crippen LogP contribution in [0.1, 0.15) is 25.8 Å². The van der Waals surface area contributed by atoms with Crippen LogP contribution in [0.15, 0.2) is 48.2 Å². The third kappa shape index (κ3) is 4.27. The molecule has 1 unspecified atom stereocenters. The van der Waals surface area contributed by atoms with Gasteiger partial charge in [0.25, 0.3) is 5.78 Å². The molecule has 1 aliphatic rings. The van der Waals surface area contributed by atoms with Gasteiger partial charge in [0.15, 0.2) is 5.60 Å². The van der Waals surface area contributed by atoms with Gasteiger partial charge < -0.3 is 9.47 Å². The number of Topliss-reactive ketones (excluding diaryl/α,β-unsaturated/α-hetero) is 1. The second kappa shape index (κ2) is 8.11. The van der Waals surface area contributed by atoms with E-state index < -0.39 is 39.0 Å². The number of carbonyl (C=O) groups excluding carboxylic acids is 2. The highest BCUT2D eigenvalue weighted by Crippen LogP contribution is 2.41. The fourth-order valence-corrected chi connectivity index (χ4v) is 4.74. The van der Waals surface area contributed by atoms with Crippen LogP contribution in [0.3, 0.4) is 0 Å². The number of benzene rings is 1. The smallest absolute Gasteiger partial charge is 0.308 e. The van der Waals surface area contributed by atoms with Gasteiger partial charge in [-0.3, -0.25) is 19.3 Å². The number of carbonyl (C=O) groups is 2. The highest BCUT2D eigenvalue weighted by atomic mass is 79.9. The molecule has 0 spiro atoms. The summed E-state index contributed by atoms with van der Waals surface area (Å²) in [5.41, 5.74) is -0.476. The zero-order valence-electron chi connectivity index (χ0n) is 15.8. The first-order valence-electron chi connectivity index (χ1n) is 8.75. The first kappa shape index (κ1) is 21.3. The van der Waals surface area contributed by atoms with E-state index in [4.69, 9.17) is 9.47 Å². The lowest BCUT2D eigenvalue weighted by Gasteiger charge is -2.25. The predicted molar refractivity (Wildman–Crippen MR) is 109 cm³/mol. The molecule has 0 bridgehead atoms. The van der Waals surface area contributed by atoms with Crippen molar-refractivity contribution in [2.45, 2.75) is 25.9 Å². The summed E-state index contributed by atoms with van der Waals surface area (Å²) in [4.78, 5) is 29.0. The Bertz CT molecular complexity index is 1110. The third-order valence-electron chi connectivity index (χ3n) is 4.36. The second-order valence-corrected chi connectivity index (χ2v) is 9.19. The Labute approximate surface area is 176 Å². The van der Waals surface area contributed by atoms with E-state index in [9.17, 15) is 18.0 Å². The molecule has 3 rings (SSSR count).